The summed E-state index contributed by atoms with van der Waals surface area (Å²) < 4.78 is 8.88. The van der Waals surface area contributed by atoms with Crippen molar-refractivity contribution in [3.8, 4) is 0 Å². The first-order valence-corrected chi connectivity index (χ1v) is 6.75. The molecule has 0 heterocycles. The summed E-state index contributed by atoms with van der Waals surface area (Å²) in [4.78, 5) is 21.6. The van der Waals surface area contributed by atoms with E-state index in [0.29, 0.717) is 0 Å². The molecule has 6 nitrogen and oxygen atoms in total. The number of nitrogens with one attached hydrogen (secondary N) is 1. The van der Waals surface area contributed by atoms with Crippen LogP contribution >= 0.6 is 7.82 Å². The van der Waals surface area contributed by atoms with Gasteiger partial charge in [0.25, 0.3) is 0 Å². The molecule has 0 unspecified atom stereocenters. The summed E-state index contributed by atoms with van der Waals surface area (Å²) in [6.45, 7) is 4.27. The van der Waals surface area contributed by atoms with Crippen LogP contribution in [0.3, 0.4) is 0 Å². The molecule has 6 N–H and O–H groups in total. The molecule has 0 saturated carbocycles. The molecule has 1 aromatic rings. The Kier molecular flexibility index (Phi) is 7.03. The fourth-order valence-electron chi connectivity index (χ4n) is 1.43. The fraction of sp³-hybridized carbons (Fsp3) is 0.400. The van der Waals surface area contributed by atoms with Gasteiger partial charge in [0.15, 0.2) is 0 Å². The summed E-state index contributed by atoms with van der Waals surface area (Å²) in [5.74, 6) is 5.45. The quantitative estimate of drug-likeness (QED) is 0.317. The molecule has 0 aliphatic heterocycles. The number of benzene rings is 1. The molecule has 0 aliphatic carbocycles. The van der Waals surface area contributed by atoms with E-state index in [1.54, 1.807) is 0 Å². The zero-order chi connectivity index (χ0) is 13.5. The minimum atomic E-state index is -4.64. The van der Waals surface area contributed by atoms with Gasteiger partial charge in [-0.3, -0.25) is 5.84 Å². The third kappa shape index (κ3) is 7.10. The monoisotopic (exact) mass is 262 g/mol. The molecular weight excluding hydrogens is 243 g/mol. The van der Waals surface area contributed by atoms with E-state index in [0.717, 1.165) is 18.5 Å². The highest BCUT2D eigenvalue weighted by atomic mass is 31.2. The summed E-state index contributed by atoms with van der Waals surface area (Å²) in [5.41, 5.74) is 6.44. The molecule has 0 radical (unpaired) electrons. The number of nitrogen functional groups attached to an aromatic ring is 1. The van der Waals surface area contributed by atoms with Crippen LogP contribution in [-0.2, 0) is 17.4 Å². The van der Waals surface area contributed by atoms with Crippen molar-refractivity contribution in [3.63, 3.8) is 0 Å². The summed E-state index contributed by atoms with van der Waals surface area (Å²) in [7, 11) is -4.64. The van der Waals surface area contributed by atoms with E-state index in [1.165, 1.54) is 11.1 Å². The Labute approximate surface area is 101 Å². The molecule has 0 fully saturated rings. The van der Waals surface area contributed by atoms with E-state index < -0.39 is 7.82 Å². The zero-order valence-corrected chi connectivity index (χ0v) is 10.8. The second-order valence-corrected chi connectivity index (χ2v) is 4.34. The first-order valence-electron chi connectivity index (χ1n) is 5.19. The summed E-state index contributed by atoms with van der Waals surface area (Å²) in [5, 5.41) is 0. The summed E-state index contributed by atoms with van der Waals surface area (Å²) in [6.07, 6.45) is 2.04. The van der Waals surface area contributed by atoms with Crippen LogP contribution in [0, 0.1) is 0 Å². The van der Waals surface area contributed by atoms with E-state index in [-0.39, 0.29) is 0 Å². The number of hydrogen-bond acceptors (Lipinski definition) is 3. The lowest BCUT2D eigenvalue weighted by Gasteiger charge is -2.11. The maximum Gasteiger partial charge on any atom is 0.466 e. The maximum absolute atomic E-state index is 8.88. The second kappa shape index (κ2) is 7.42. The minimum absolute atomic E-state index is 1.02. The molecule has 1 rings (SSSR count). The largest absolute Gasteiger partial charge is 0.466 e. The van der Waals surface area contributed by atoms with Crippen LogP contribution in [0.25, 0.3) is 0 Å². The minimum Gasteiger partial charge on any atom is -0.324 e. The average Bonchev–Trinajstić information content (AvgIpc) is 2.25. The highest BCUT2D eigenvalue weighted by molar-refractivity contribution is 7.45. The van der Waals surface area contributed by atoms with Crippen LogP contribution in [0.2, 0.25) is 0 Å². The Balaban J connectivity index is 0.000000437. The lowest BCUT2D eigenvalue weighted by atomic mass is 10.0. The van der Waals surface area contributed by atoms with Gasteiger partial charge >= 0.3 is 7.82 Å². The smallest absolute Gasteiger partial charge is 0.324 e. The van der Waals surface area contributed by atoms with Gasteiger partial charge in [-0.2, -0.15) is 0 Å². The van der Waals surface area contributed by atoms with E-state index in [2.05, 4.69) is 37.5 Å². The van der Waals surface area contributed by atoms with E-state index in [4.69, 9.17) is 25.1 Å². The van der Waals surface area contributed by atoms with Gasteiger partial charge in [0.05, 0.1) is 5.69 Å². The van der Waals surface area contributed by atoms with Gasteiger partial charge < -0.3 is 20.1 Å². The Morgan fingerprint density at radius 3 is 1.76 bits per heavy atom. The van der Waals surface area contributed by atoms with Gasteiger partial charge in [-0.05, 0) is 24.0 Å². The first kappa shape index (κ1) is 16.1. The Morgan fingerprint density at radius 1 is 1.18 bits per heavy atom. The van der Waals surface area contributed by atoms with E-state index in [1.807, 2.05) is 0 Å². The Morgan fingerprint density at radius 2 is 1.53 bits per heavy atom. The number of hydrazine groups is 1. The topological polar surface area (TPSA) is 116 Å². The molecule has 0 aliphatic rings. The van der Waals surface area contributed by atoms with Crippen molar-refractivity contribution in [2.45, 2.75) is 26.7 Å². The molecular formula is C10H19N2O4P. The molecule has 98 valence electrons. The standard InChI is InChI=1S/C10H16N2.H3O4P/c1-3-8-6-5-7-9(4-2)10(8)12-11;1-5(2,3)4/h5-7,12H,3-4,11H2,1-2H3;(H3,1,2,3,4). The SMILES string of the molecule is CCc1cccc(CC)c1NN.O=P(O)(O)O. The number of hydrogen-bond donors (Lipinski definition) is 5. The summed E-state index contributed by atoms with van der Waals surface area (Å²) >= 11 is 0. The van der Waals surface area contributed by atoms with Gasteiger partial charge in [-0.1, -0.05) is 32.0 Å². The van der Waals surface area contributed by atoms with Gasteiger partial charge in [-0.15, -0.1) is 0 Å². The molecule has 0 atom stereocenters. The maximum atomic E-state index is 8.88. The van der Waals surface area contributed by atoms with Crippen LogP contribution in [-0.4, -0.2) is 14.7 Å². The summed E-state index contributed by atoms with van der Waals surface area (Å²) in [6, 6.07) is 6.29. The predicted octanol–water partition coefficient (Wildman–Crippen LogP) is 1.17. The second-order valence-electron chi connectivity index (χ2n) is 3.32. The van der Waals surface area contributed by atoms with Crippen molar-refractivity contribution in [2.75, 3.05) is 5.43 Å². The third-order valence-corrected chi connectivity index (χ3v) is 2.14. The van der Waals surface area contributed by atoms with Crippen molar-refractivity contribution in [1.82, 2.24) is 0 Å². The van der Waals surface area contributed by atoms with Crippen molar-refractivity contribution in [1.29, 1.82) is 0 Å². The molecule has 7 heteroatoms. The lowest BCUT2D eigenvalue weighted by molar-refractivity contribution is 0.275. The third-order valence-electron chi connectivity index (χ3n) is 2.14. The van der Waals surface area contributed by atoms with Gasteiger partial charge in [0, 0.05) is 0 Å². The normalized spacial score (nSPS) is 10.5. The number of rotatable bonds is 3. The molecule has 0 spiro atoms. The van der Waals surface area contributed by atoms with Crippen LogP contribution in [0.1, 0.15) is 25.0 Å². The van der Waals surface area contributed by atoms with Gasteiger partial charge in [0.1, 0.15) is 0 Å². The first-order chi connectivity index (χ1) is 7.83. The molecule has 17 heavy (non-hydrogen) atoms. The average molecular weight is 262 g/mol. The number of anilines is 1. The molecule has 0 amide bonds. The fourth-order valence-corrected chi connectivity index (χ4v) is 1.43. The van der Waals surface area contributed by atoms with Crippen LogP contribution in [0.15, 0.2) is 18.2 Å². The van der Waals surface area contributed by atoms with Crippen molar-refractivity contribution in [3.05, 3.63) is 29.3 Å². The van der Waals surface area contributed by atoms with Crippen LogP contribution < -0.4 is 11.3 Å². The van der Waals surface area contributed by atoms with Gasteiger partial charge in [-0.25, -0.2) is 4.57 Å². The molecule has 0 aromatic heterocycles. The number of aryl methyl sites for hydroxylation is 2. The van der Waals surface area contributed by atoms with Crippen molar-refractivity contribution in [2.24, 2.45) is 5.84 Å². The Bertz CT molecular complexity index is 361. The molecule has 0 bridgehead atoms. The van der Waals surface area contributed by atoms with E-state index >= 15 is 0 Å². The molecule has 1 aromatic carbocycles. The van der Waals surface area contributed by atoms with Crippen molar-refractivity contribution >= 4 is 13.5 Å². The van der Waals surface area contributed by atoms with Crippen molar-refractivity contribution < 1.29 is 19.2 Å². The van der Waals surface area contributed by atoms with E-state index in [9.17, 15) is 0 Å². The highest BCUT2D eigenvalue weighted by Gasteiger charge is 2.02. The highest BCUT2D eigenvalue weighted by Crippen LogP contribution is 2.25. The lowest BCUT2D eigenvalue weighted by Crippen LogP contribution is -2.11. The number of phosphoric acid groups is 1. The van der Waals surface area contributed by atoms with Gasteiger partial charge in [0.2, 0.25) is 0 Å². The predicted molar refractivity (Wildman–Crippen MR) is 67.3 cm³/mol. The number of para-hydroxylation sites is 1. The number of nitrogens with two attached hydrogens (primary N) is 1. The molecule has 0 saturated heterocycles. The Hall–Kier alpha value is -0.910. The van der Waals surface area contributed by atoms with Crippen LogP contribution in [0.5, 0.6) is 0 Å². The van der Waals surface area contributed by atoms with Crippen LogP contribution in [0.4, 0.5) is 5.69 Å². The zero-order valence-electron chi connectivity index (χ0n) is 9.92.